The molecule has 0 aliphatic carbocycles. The Kier molecular flexibility index (Phi) is 51.9. The molecule has 0 aliphatic heterocycles. The second kappa shape index (κ2) is 54.5. The van der Waals surface area contributed by atoms with Gasteiger partial charge in [0.05, 0.1) is 0 Å². The van der Waals surface area contributed by atoms with E-state index < -0.39 is 6.10 Å². The van der Waals surface area contributed by atoms with Crippen LogP contribution >= 0.6 is 0 Å². The van der Waals surface area contributed by atoms with Crippen molar-refractivity contribution in [2.24, 2.45) is 0 Å². The fraction of sp³-hybridized carbons (Fsp3) is 0.750. The minimum atomic E-state index is -0.788. The molecule has 0 saturated carbocycles. The van der Waals surface area contributed by atoms with Gasteiger partial charge in [-0.05, 0) is 89.9 Å². The number of ether oxygens (including phenoxy) is 3. The topological polar surface area (TPSA) is 78.9 Å². The number of carbonyl (C=O) groups is 3. The molecule has 0 N–H and O–H groups in total. The highest BCUT2D eigenvalue weighted by Crippen LogP contribution is 2.15. The van der Waals surface area contributed by atoms with Gasteiger partial charge in [-0.2, -0.15) is 0 Å². The van der Waals surface area contributed by atoms with Crippen LogP contribution in [0, 0.1) is 0 Å². The molecule has 0 rings (SSSR count). The van der Waals surface area contributed by atoms with E-state index in [9.17, 15) is 14.4 Å². The molecule has 1 atom stereocenters. The van der Waals surface area contributed by atoms with Crippen molar-refractivity contribution < 1.29 is 28.6 Å². The zero-order valence-electron chi connectivity index (χ0n) is 43.4. The molecule has 0 radical (unpaired) electrons. The van der Waals surface area contributed by atoms with E-state index >= 15 is 0 Å². The van der Waals surface area contributed by atoms with Crippen LogP contribution in [0.4, 0.5) is 0 Å². The van der Waals surface area contributed by atoms with Crippen LogP contribution in [0.1, 0.15) is 271 Å². The van der Waals surface area contributed by atoms with Gasteiger partial charge in [-0.3, -0.25) is 14.4 Å². The van der Waals surface area contributed by atoms with Crippen LogP contribution < -0.4 is 0 Å². The molecule has 0 aromatic carbocycles. The summed E-state index contributed by atoms with van der Waals surface area (Å²) in [6.45, 7) is 6.49. The predicted molar refractivity (Wildman–Crippen MR) is 284 cm³/mol. The van der Waals surface area contributed by atoms with Gasteiger partial charge in [0, 0.05) is 19.3 Å². The average Bonchev–Trinajstić information content (AvgIpc) is 3.31. The molecule has 1 unspecified atom stereocenters. The lowest BCUT2D eigenvalue weighted by Crippen LogP contribution is -2.30. The van der Waals surface area contributed by atoms with Crippen LogP contribution in [0.5, 0.6) is 0 Å². The van der Waals surface area contributed by atoms with Crippen molar-refractivity contribution in [1.82, 2.24) is 0 Å². The molecule has 0 fully saturated rings. The van der Waals surface area contributed by atoms with E-state index in [4.69, 9.17) is 14.2 Å². The Hall–Kier alpha value is -3.15. The van der Waals surface area contributed by atoms with Crippen LogP contribution in [-0.4, -0.2) is 37.2 Å². The Balaban J connectivity index is 4.37. The van der Waals surface area contributed by atoms with E-state index in [-0.39, 0.29) is 31.1 Å². The molecule has 0 heterocycles. The SMILES string of the molecule is CC/C=C\C/C=C\C/C=C\C/C=C\C/C=C\CCCCCC(=O)OCC(COC(=O)CCCCCCCCCCCC)OC(=O)CCCCCCCCCCC/C=C\CCCCCCCC. The molecule has 0 aromatic rings. The fourth-order valence-electron chi connectivity index (χ4n) is 7.76. The number of carbonyl (C=O) groups excluding carboxylic acids is 3. The number of hydrogen-bond acceptors (Lipinski definition) is 6. The van der Waals surface area contributed by atoms with Crippen molar-refractivity contribution in [2.45, 2.75) is 277 Å². The Morgan fingerprint density at radius 3 is 0.955 bits per heavy atom. The Morgan fingerprint density at radius 1 is 0.318 bits per heavy atom. The van der Waals surface area contributed by atoms with Gasteiger partial charge in [-0.25, -0.2) is 0 Å². The zero-order chi connectivity index (χ0) is 47.9. The van der Waals surface area contributed by atoms with Gasteiger partial charge >= 0.3 is 17.9 Å². The quantitative estimate of drug-likeness (QED) is 0.0262. The standard InChI is InChI=1S/C60H104O6/c1-4-7-10-13-16-19-22-24-26-28-30-32-34-36-38-41-44-47-50-53-59(62)65-56-57(55-64-58(61)52-49-46-43-40-21-18-15-12-9-6-3)66-60(63)54-51-48-45-42-39-37-35-33-31-29-27-25-23-20-17-14-11-8-5-2/h7,10,16,19,24-27,30,32,36,38,57H,4-6,8-9,11-15,17-18,20-23,28-29,31,33-35,37,39-56H2,1-3H3/b10-7-,19-16-,26-24-,27-25-,32-30-,38-36-. The van der Waals surface area contributed by atoms with Crippen molar-refractivity contribution in [1.29, 1.82) is 0 Å². The van der Waals surface area contributed by atoms with Crippen LogP contribution in [0.15, 0.2) is 72.9 Å². The van der Waals surface area contributed by atoms with Gasteiger partial charge in [-0.1, -0.05) is 235 Å². The summed E-state index contributed by atoms with van der Waals surface area (Å²) in [5.41, 5.74) is 0. The highest BCUT2D eigenvalue weighted by molar-refractivity contribution is 5.71. The number of allylic oxidation sites excluding steroid dienone is 12. The van der Waals surface area contributed by atoms with E-state index in [0.29, 0.717) is 19.3 Å². The maximum atomic E-state index is 12.8. The highest BCUT2D eigenvalue weighted by Gasteiger charge is 2.19. The summed E-state index contributed by atoms with van der Waals surface area (Å²) in [6.07, 6.45) is 68.9. The molecule has 6 heteroatoms. The first-order chi connectivity index (χ1) is 32.5. The monoisotopic (exact) mass is 921 g/mol. The Morgan fingerprint density at radius 2 is 0.591 bits per heavy atom. The van der Waals surface area contributed by atoms with Gasteiger partial charge < -0.3 is 14.2 Å². The first-order valence-corrected chi connectivity index (χ1v) is 27.9. The molecule has 0 spiro atoms. The molecule has 0 aromatic heterocycles. The minimum Gasteiger partial charge on any atom is -0.462 e. The fourth-order valence-corrected chi connectivity index (χ4v) is 7.76. The first kappa shape index (κ1) is 62.8. The lowest BCUT2D eigenvalue weighted by atomic mass is 10.1. The number of unbranched alkanes of at least 4 members (excludes halogenated alkanes) is 27. The van der Waals surface area contributed by atoms with Crippen LogP contribution in [0.3, 0.4) is 0 Å². The second-order valence-electron chi connectivity index (χ2n) is 18.5. The van der Waals surface area contributed by atoms with Crippen molar-refractivity contribution in [3.63, 3.8) is 0 Å². The summed E-state index contributed by atoms with van der Waals surface area (Å²) in [7, 11) is 0. The minimum absolute atomic E-state index is 0.0850. The zero-order valence-corrected chi connectivity index (χ0v) is 43.4. The third-order valence-corrected chi connectivity index (χ3v) is 11.9. The molecule has 0 aliphatic rings. The maximum absolute atomic E-state index is 12.8. The van der Waals surface area contributed by atoms with Crippen LogP contribution in [-0.2, 0) is 28.6 Å². The first-order valence-electron chi connectivity index (χ1n) is 27.9. The van der Waals surface area contributed by atoms with Gasteiger partial charge in [0.2, 0.25) is 0 Å². The predicted octanol–water partition coefficient (Wildman–Crippen LogP) is 18.6. The number of esters is 3. The molecule has 0 bridgehead atoms. The van der Waals surface area contributed by atoms with Crippen molar-refractivity contribution in [3.8, 4) is 0 Å². The smallest absolute Gasteiger partial charge is 0.306 e. The molecule has 0 amide bonds. The van der Waals surface area contributed by atoms with E-state index in [1.807, 2.05) is 0 Å². The molecular formula is C60H104O6. The number of rotatable bonds is 50. The third-order valence-electron chi connectivity index (χ3n) is 11.9. The highest BCUT2D eigenvalue weighted by atomic mass is 16.6. The Labute approximate surface area is 408 Å². The van der Waals surface area contributed by atoms with E-state index in [1.54, 1.807) is 0 Å². The normalized spacial score (nSPS) is 12.6. The molecule has 6 nitrogen and oxygen atoms in total. The number of hydrogen-bond donors (Lipinski definition) is 0. The Bertz CT molecular complexity index is 1240. The lowest BCUT2D eigenvalue weighted by molar-refractivity contribution is -0.167. The summed E-state index contributed by atoms with van der Waals surface area (Å²) in [5, 5.41) is 0. The largest absolute Gasteiger partial charge is 0.462 e. The van der Waals surface area contributed by atoms with E-state index in [2.05, 4.69) is 93.7 Å². The summed E-state index contributed by atoms with van der Waals surface area (Å²) >= 11 is 0. The van der Waals surface area contributed by atoms with Crippen molar-refractivity contribution in [3.05, 3.63) is 72.9 Å². The lowest BCUT2D eigenvalue weighted by Gasteiger charge is -2.18. The van der Waals surface area contributed by atoms with Crippen molar-refractivity contribution in [2.75, 3.05) is 13.2 Å². The molecule has 66 heavy (non-hydrogen) atoms. The maximum Gasteiger partial charge on any atom is 0.306 e. The van der Waals surface area contributed by atoms with Gasteiger partial charge in [0.15, 0.2) is 6.10 Å². The van der Waals surface area contributed by atoms with Crippen molar-refractivity contribution >= 4 is 17.9 Å². The van der Waals surface area contributed by atoms with E-state index in [0.717, 1.165) is 96.3 Å². The third kappa shape index (κ3) is 51.8. The molecular weight excluding hydrogens is 817 g/mol. The summed E-state index contributed by atoms with van der Waals surface area (Å²) in [6, 6.07) is 0. The summed E-state index contributed by atoms with van der Waals surface area (Å²) < 4.78 is 16.8. The van der Waals surface area contributed by atoms with Gasteiger partial charge in [0.1, 0.15) is 13.2 Å². The van der Waals surface area contributed by atoms with Gasteiger partial charge in [0.25, 0.3) is 0 Å². The molecule has 0 saturated heterocycles. The van der Waals surface area contributed by atoms with E-state index in [1.165, 1.54) is 135 Å². The van der Waals surface area contributed by atoms with Gasteiger partial charge in [-0.15, -0.1) is 0 Å². The average molecular weight is 921 g/mol. The molecule has 380 valence electrons. The second-order valence-corrected chi connectivity index (χ2v) is 18.5. The van der Waals surface area contributed by atoms with Crippen LogP contribution in [0.2, 0.25) is 0 Å². The summed E-state index contributed by atoms with van der Waals surface area (Å²) in [5.74, 6) is -0.916. The van der Waals surface area contributed by atoms with Crippen LogP contribution in [0.25, 0.3) is 0 Å². The summed E-state index contributed by atoms with van der Waals surface area (Å²) in [4.78, 5) is 38.0.